The van der Waals surface area contributed by atoms with Gasteiger partial charge in [-0.25, -0.2) is 0 Å². The number of amides is 1. The molecule has 0 aromatic carbocycles. The van der Waals surface area contributed by atoms with Crippen molar-refractivity contribution in [1.82, 2.24) is 15.1 Å². The van der Waals surface area contributed by atoms with Crippen LogP contribution in [0.2, 0.25) is 0 Å². The Morgan fingerprint density at radius 1 is 1.35 bits per heavy atom. The van der Waals surface area contributed by atoms with Crippen LogP contribution in [0.1, 0.15) is 32.1 Å². The van der Waals surface area contributed by atoms with Crippen LogP contribution >= 0.6 is 0 Å². The average Bonchev–Trinajstić information content (AvgIpc) is 3.05. The van der Waals surface area contributed by atoms with E-state index in [4.69, 9.17) is 0 Å². The molecule has 98 valence electrons. The molecule has 0 radical (unpaired) electrons. The first-order chi connectivity index (χ1) is 8.27. The molecular weight excluding hydrogens is 214 g/mol. The van der Waals surface area contributed by atoms with Crippen molar-refractivity contribution >= 4 is 5.91 Å². The summed E-state index contributed by atoms with van der Waals surface area (Å²) in [6, 6.07) is 0.536. The second-order valence-corrected chi connectivity index (χ2v) is 5.31. The van der Waals surface area contributed by atoms with Gasteiger partial charge in [0, 0.05) is 13.1 Å². The van der Waals surface area contributed by atoms with Gasteiger partial charge < -0.3 is 15.1 Å². The minimum absolute atomic E-state index is 0.244. The van der Waals surface area contributed by atoms with E-state index in [1.807, 2.05) is 11.9 Å². The van der Waals surface area contributed by atoms with Gasteiger partial charge in [0.2, 0.25) is 5.91 Å². The van der Waals surface area contributed by atoms with Gasteiger partial charge in [0.05, 0.1) is 6.54 Å². The predicted octanol–water partition coefficient (Wildman–Crippen LogP) is 0.683. The number of carbonyl (C=O) groups is 1. The van der Waals surface area contributed by atoms with Crippen LogP contribution in [0.15, 0.2) is 0 Å². The normalized spacial score (nSPS) is 20.8. The summed E-state index contributed by atoms with van der Waals surface area (Å²) in [6.07, 6.45) is 6.25. The van der Waals surface area contributed by atoms with Crippen LogP contribution in [0.4, 0.5) is 0 Å². The first-order valence-corrected chi connectivity index (χ1v) is 6.96. The monoisotopic (exact) mass is 239 g/mol. The highest BCUT2D eigenvalue weighted by atomic mass is 16.2. The predicted molar refractivity (Wildman–Crippen MR) is 69.0 cm³/mol. The Balaban J connectivity index is 1.46. The molecule has 1 aliphatic heterocycles. The summed E-state index contributed by atoms with van der Waals surface area (Å²) in [5.74, 6) is 0.244. The third-order valence-corrected chi connectivity index (χ3v) is 3.79. The highest BCUT2D eigenvalue weighted by Gasteiger charge is 2.28. The number of carbonyl (C=O) groups excluding carboxylic acids is 1. The maximum absolute atomic E-state index is 11.7. The summed E-state index contributed by atoms with van der Waals surface area (Å²) in [5.41, 5.74) is 0. The van der Waals surface area contributed by atoms with Crippen molar-refractivity contribution in [2.24, 2.45) is 0 Å². The lowest BCUT2D eigenvalue weighted by molar-refractivity contribution is -0.129. The van der Waals surface area contributed by atoms with Crippen molar-refractivity contribution in [2.75, 3.05) is 39.8 Å². The van der Waals surface area contributed by atoms with Crippen molar-refractivity contribution in [3.05, 3.63) is 0 Å². The Hall–Kier alpha value is -0.610. The number of likely N-dealkylation sites (tertiary alicyclic amines) is 1. The van der Waals surface area contributed by atoms with Crippen molar-refractivity contribution in [3.63, 3.8) is 0 Å². The molecule has 1 saturated carbocycles. The number of hydrogen-bond acceptors (Lipinski definition) is 3. The highest BCUT2D eigenvalue weighted by Crippen LogP contribution is 2.24. The number of likely N-dealkylation sites (N-methyl/N-ethyl adjacent to an activating group) is 1. The van der Waals surface area contributed by atoms with Crippen LogP contribution in [0, 0.1) is 0 Å². The lowest BCUT2D eigenvalue weighted by atomic mass is 10.4. The maximum Gasteiger partial charge on any atom is 0.236 e. The maximum atomic E-state index is 11.7. The lowest BCUT2D eigenvalue weighted by Crippen LogP contribution is -2.37. The van der Waals surface area contributed by atoms with E-state index in [9.17, 15) is 4.79 Å². The molecule has 1 aliphatic carbocycles. The zero-order chi connectivity index (χ0) is 12.1. The van der Waals surface area contributed by atoms with Gasteiger partial charge in [-0.15, -0.1) is 0 Å². The molecular formula is C13H25N3O. The Kier molecular flexibility index (Phi) is 4.80. The number of nitrogens with zero attached hydrogens (tertiary/aromatic N) is 2. The minimum Gasteiger partial charge on any atom is -0.342 e. The molecule has 0 spiro atoms. The summed E-state index contributed by atoms with van der Waals surface area (Å²) in [5, 5.41) is 3.25. The summed E-state index contributed by atoms with van der Waals surface area (Å²) in [6.45, 7) is 5.18. The molecule has 1 saturated heterocycles. The summed E-state index contributed by atoms with van der Waals surface area (Å²) in [7, 11) is 1.92. The second-order valence-electron chi connectivity index (χ2n) is 5.31. The second kappa shape index (κ2) is 6.36. The average molecular weight is 239 g/mol. The third-order valence-electron chi connectivity index (χ3n) is 3.79. The fourth-order valence-electron chi connectivity index (χ4n) is 2.42. The number of nitrogens with one attached hydrogen (secondary N) is 1. The zero-order valence-electron chi connectivity index (χ0n) is 11.0. The standard InChI is InChI=1S/C13H25N3O/c1-15(12-5-6-12)13(17)11-14-7-4-10-16-8-2-3-9-16/h12,14H,2-11H2,1H3. The van der Waals surface area contributed by atoms with Crippen molar-refractivity contribution < 1.29 is 4.79 Å². The summed E-state index contributed by atoms with van der Waals surface area (Å²) in [4.78, 5) is 16.1. The molecule has 0 unspecified atom stereocenters. The van der Waals surface area contributed by atoms with Crippen molar-refractivity contribution in [1.29, 1.82) is 0 Å². The van der Waals surface area contributed by atoms with Crippen LogP contribution in [-0.4, -0.2) is 61.5 Å². The van der Waals surface area contributed by atoms with Crippen LogP contribution in [-0.2, 0) is 4.79 Å². The number of rotatable bonds is 7. The minimum atomic E-state index is 0.244. The van der Waals surface area contributed by atoms with Crippen LogP contribution in [0.3, 0.4) is 0 Å². The van der Waals surface area contributed by atoms with Crippen LogP contribution < -0.4 is 5.32 Å². The van der Waals surface area contributed by atoms with Crippen molar-refractivity contribution in [3.8, 4) is 0 Å². The molecule has 4 heteroatoms. The van der Waals surface area contributed by atoms with E-state index in [0.717, 1.165) is 13.0 Å². The Labute approximate surface area is 104 Å². The third kappa shape index (κ3) is 4.28. The van der Waals surface area contributed by atoms with Gasteiger partial charge in [-0.2, -0.15) is 0 Å². The van der Waals surface area contributed by atoms with Gasteiger partial charge in [0.25, 0.3) is 0 Å². The van der Waals surface area contributed by atoms with E-state index in [-0.39, 0.29) is 5.91 Å². The van der Waals surface area contributed by atoms with E-state index in [0.29, 0.717) is 12.6 Å². The topological polar surface area (TPSA) is 35.6 Å². The largest absolute Gasteiger partial charge is 0.342 e. The fraction of sp³-hybridized carbons (Fsp3) is 0.923. The molecule has 2 fully saturated rings. The smallest absolute Gasteiger partial charge is 0.236 e. The summed E-state index contributed by atoms with van der Waals surface area (Å²) >= 11 is 0. The van der Waals surface area contributed by atoms with E-state index in [1.165, 1.54) is 45.3 Å². The molecule has 1 heterocycles. The van der Waals surface area contributed by atoms with Gasteiger partial charge in [-0.1, -0.05) is 0 Å². The van der Waals surface area contributed by atoms with Gasteiger partial charge in [-0.05, 0) is 58.3 Å². The zero-order valence-corrected chi connectivity index (χ0v) is 11.0. The molecule has 0 aromatic heterocycles. The molecule has 1 amide bonds. The number of hydrogen-bond donors (Lipinski definition) is 1. The van der Waals surface area contributed by atoms with E-state index in [2.05, 4.69) is 10.2 Å². The first-order valence-electron chi connectivity index (χ1n) is 6.96. The van der Waals surface area contributed by atoms with Crippen LogP contribution in [0.5, 0.6) is 0 Å². The summed E-state index contributed by atoms with van der Waals surface area (Å²) < 4.78 is 0. The Morgan fingerprint density at radius 3 is 2.71 bits per heavy atom. The molecule has 17 heavy (non-hydrogen) atoms. The van der Waals surface area contributed by atoms with Gasteiger partial charge >= 0.3 is 0 Å². The van der Waals surface area contributed by atoms with E-state index >= 15 is 0 Å². The molecule has 0 aromatic rings. The quantitative estimate of drug-likeness (QED) is 0.664. The lowest BCUT2D eigenvalue weighted by Gasteiger charge is -2.17. The van der Waals surface area contributed by atoms with Gasteiger partial charge in [-0.3, -0.25) is 4.79 Å². The van der Waals surface area contributed by atoms with E-state index < -0.39 is 0 Å². The molecule has 1 N–H and O–H groups in total. The Morgan fingerprint density at radius 2 is 2.06 bits per heavy atom. The van der Waals surface area contributed by atoms with Crippen LogP contribution in [0.25, 0.3) is 0 Å². The van der Waals surface area contributed by atoms with Crippen molar-refractivity contribution in [2.45, 2.75) is 38.1 Å². The Bertz CT molecular complexity index is 247. The molecule has 4 nitrogen and oxygen atoms in total. The van der Waals surface area contributed by atoms with Gasteiger partial charge in [0.1, 0.15) is 0 Å². The van der Waals surface area contributed by atoms with E-state index in [1.54, 1.807) is 0 Å². The molecule has 2 aliphatic rings. The van der Waals surface area contributed by atoms with Gasteiger partial charge in [0.15, 0.2) is 0 Å². The molecule has 0 bridgehead atoms. The fourth-order valence-corrected chi connectivity index (χ4v) is 2.42. The SMILES string of the molecule is CN(C(=O)CNCCCN1CCCC1)C1CC1. The highest BCUT2D eigenvalue weighted by molar-refractivity contribution is 5.78. The molecule has 0 atom stereocenters. The molecule has 2 rings (SSSR count). The first kappa shape index (κ1) is 12.8.